The summed E-state index contributed by atoms with van der Waals surface area (Å²) < 4.78 is 5.81. The van der Waals surface area contributed by atoms with Gasteiger partial charge in [-0.2, -0.15) is 0 Å². The molecule has 2 nitrogen and oxygen atoms in total. The first kappa shape index (κ1) is 15.2. The van der Waals surface area contributed by atoms with E-state index in [1.54, 1.807) is 0 Å². The van der Waals surface area contributed by atoms with Crippen LogP contribution in [-0.4, -0.2) is 28.8 Å². The lowest BCUT2D eigenvalue weighted by molar-refractivity contribution is -0.0668. The Labute approximate surface area is 99.0 Å². The molecule has 0 saturated heterocycles. The second-order valence-electron chi connectivity index (χ2n) is 5.17. The molecule has 0 saturated carbocycles. The van der Waals surface area contributed by atoms with E-state index in [-0.39, 0.29) is 17.6 Å². The van der Waals surface area contributed by atoms with Gasteiger partial charge < -0.3 is 9.84 Å². The quantitative estimate of drug-likeness (QED) is 0.718. The first-order valence-electron chi connectivity index (χ1n) is 5.72. The van der Waals surface area contributed by atoms with Crippen molar-refractivity contribution in [2.45, 2.75) is 65.3 Å². The van der Waals surface area contributed by atoms with Crippen molar-refractivity contribution >= 4 is 11.6 Å². The van der Waals surface area contributed by atoms with Crippen LogP contribution in [0, 0.1) is 5.92 Å². The Morgan fingerprint density at radius 3 is 2.20 bits per heavy atom. The lowest BCUT2D eigenvalue weighted by Gasteiger charge is -2.29. The minimum absolute atomic E-state index is 0.121. The Morgan fingerprint density at radius 2 is 1.87 bits per heavy atom. The van der Waals surface area contributed by atoms with Crippen molar-refractivity contribution in [3.05, 3.63) is 0 Å². The number of hydrogen-bond acceptors (Lipinski definition) is 2. The second kappa shape index (κ2) is 6.72. The summed E-state index contributed by atoms with van der Waals surface area (Å²) in [6, 6.07) is 0. The van der Waals surface area contributed by atoms with Gasteiger partial charge in [0.15, 0.2) is 0 Å². The fraction of sp³-hybridized carbons (Fsp3) is 1.00. The molecule has 0 aromatic carbocycles. The maximum absolute atomic E-state index is 9.68. The van der Waals surface area contributed by atoms with Crippen LogP contribution in [0.1, 0.15) is 47.5 Å². The molecular weight excluding hydrogens is 212 g/mol. The zero-order chi connectivity index (χ0) is 12.1. The maximum Gasteiger partial charge on any atom is 0.0704 e. The molecule has 0 aromatic rings. The molecule has 3 heteroatoms. The first-order valence-corrected chi connectivity index (χ1v) is 6.25. The van der Waals surface area contributed by atoms with Crippen LogP contribution < -0.4 is 0 Å². The van der Waals surface area contributed by atoms with E-state index in [1.807, 2.05) is 20.8 Å². The third-order valence-corrected chi connectivity index (χ3v) is 2.73. The van der Waals surface area contributed by atoms with Crippen molar-refractivity contribution in [3.63, 3.8) is 0 Å². The van der Waals surface area contributed by atoms with Crippen LogP contribution in [0.4, 0.5) is 0 Å². The van der Waals surface area contributed by atoms with Gasteiger partial charge in [-0.05, 0) is 40.0 Å². The summed E-state index contributed by atoms with van der Waals surface area (Å²) in [6.07, 6.45) is 1.54. The molecule has 92 valence electrons. The van der Waals surface area contributed by atoms with Crippen LogP contribution >= 0.6 is 11.6 Å². The average molecular weight is 237 g/mol. The third-order valence-electron chi connectivity index (χ3n) is 2.42. The molecule has 0 aliphatic rings. The van der Waals surface area contributed by atoms with E-state index in [2.05, 4.69) is 13.8 Å². The van der Waals surface area contributed by atoms with Crippen LogP contribution in [0.5, 0.6) is 0 Å². The Morgan fingerprint density at radius 1 is 1.33 bits per heavy atom. The predicted molar refractivity (Wildman–Crippen MR) is 65.4 cm³/mol. The molecule has 1 N–H and O–H groups in total. The molecule has 0 heterocycles. The molecule has 3 unspecified atom stereocenters. The molecule has 0 aromatic heterocycles. The number of ether oxygens (including phenoxy) is 1. The Hall–Kier alpha value is 0.210. The highest BCUT2D eigenvalue weighted by atomic mass is 35.5. The van der Waals surface area contributed by atoms with Crippen molar-refractivity contribution in [2.24, 2.45) is 5.92 Å². The van der Waals surface area contributed by atoms with E-state index in [1.165, 1.54) is 0 Å². The van der Waals surface area contributed by atoms with E-state index < -0.39 is 6.10 Å². The molecular formula is C12H25ClO2. The summed E-state index contributed by atoms with van der Waals surface area (Å²) in [5, 5.41) is 9.68. The van der Waals surface area contributed by atoms with Crippen LogP contribution in [0.15, 0.2) is 0 Å². The number of rotatable bonds is 6. The molecule has 0 rings (SSSR count). The van der Waals surface area contributed by atoms with E-state index >= 15 is 0 Å². The standard InChI is InChI=1S/C12H25ClO2/c1-6-10(11(14)8-13)7-9(2)15-12(3,4)5/h9-11,14H,6-8H2,1-5H3. The van der Waals surface area contributed by atoms with Crippen LogP contribution in [0.2, 0.25) is 0 Å². The minimum Gasteiger partial charge on any atom is -0.392 e. The van der Waals surface area contributed by atoms with Gasteiger partial charge in [-0.3, -0.25) is 0 Å². The number of aliphatic hydroxyl groups is 1. The van der Waals surface area contributed by atoms with Crippen molar-refractivity contribution < 1.29 is 9.84 Å². The van der Waals surface area contributed by atoms with Crippen molar-refractivity contribution in [2.75, 3.05) is 5.88 Å². The summed E-state index contributed by atoms with van der Waals surface area (Å²) in [5.41, 5.74) is -0.121. The SMILES string of the molecule is CCC(CC(C)OC(C)(C)C)C(O)CCl. The summed E-state index contributed by atoms with van der Waals surface area (Å²) in [7, 11) is 0. The van der Waals surface area contributed by atoms with Gasteiger partial charge in [0.1, 0.15) is 0 Å². The molecule has 3 atom stereocenters. The fourth-order valence-electron chi connectivity index (χ4n) is 1.80. The minimum atomic E-state index is -0.414. The number of hydrogen-bond donors (Lipinski definition) is 1. The molecule has 0 amide bonds. The number of alkyl halides is 1. The average Bonchev–Trinajstić information content (AvgIpc) is 2.10. The highest BCUT2D eigenvalue weighted by Gasteiger charge is 2.22. The van der Waals surface area contributed by atoms with E-state index in [9.17, 15) is 5.11 Å². The summed E-state index contributed by atoms with van der Waals surface area (Å²) in [6.45, 7) is 10.3. The Kier molecular flexibility index (Phi) is 6.81. The largest absolute Gasteiger partial charge is 0.392 e. The molecule has 0 radical (unpaired) electrons. The third kappa shape index (κ3) is 7.15. The predicted octanol–water partition coefficient (Wildman–Crippen LogP) is 3.21. The summed E-state index contributed by atoms with van der Waals surface area (Å²) >= 11 is 5.65. The highest BCUT2D eigenvalue weighted by molar-refractivity contribution is 6.18. The highest BCUT2D eigenvalue weighted by Crippen LogP contribution is 2.21. The fourth-order valence-corrected chi connectivity index (χ4v) is 2.05. The van der Waals surface area contributed by atoms with Gasteiger partial charge in [0.2, 0.25) is 0 Å². The summed E-state index contributed by atoms with van der Waals surface area (Å²) in [4.78, 5) is 0. The Balaban J connectivity index is 4.07. The van der Waals surface area contributed by atoms with E-state index in [0.29, 0.717) is 5.88 Å². The second-order valence-corrected chi connectivity index (χ2v) is 5.48. The number of halogens is 1. The lowest BCUT2D eigenvalue weighted by Crippen LogP contribution is -2.30. The summed E-state index contributed by atoms with van der Waals surface area (Å²) in [5.74, 6) is 0.542. The molecule has 0 spiro atoms. The van der Waals surface area contributed by atoms with Crippen LogP contribution in [0.25, 0.3) is 0 Å². The maximum atomic E-state index is 9.68. The molecule has 0 fully saturated rings. The molecule has 0 aliphatic heterocycles. The molecule has 0 aliphatic carbocycles. The van der Waals surface area contributed by atoms with Gasteiger partial charge in [-0.1, -0.05) is 13.3 Å². The van der Waals surface area contributed by atoms with Gasteiger partial charge in [0.25, 0.3) is 0 Å². The van der Waals surface area contributed by atoms with E-state index in [0.717, 1.165) is 12.8 Å². The van der Waals surface area contributed by atoms with Gasteiger partial charge in [0.05, 0.1) is 17.8 Å². The van der Waals surface area contributed by atoms with Crippen molar-refractivity contribution in [3.8, 4) is 0 Å². The van der Waals surface area contributed by atoms with Gasteiger partial charge >= 0.3 is 0 Å². The van der Waals surface area contributed by atoms with Crippen molar-refractivity contribution in [1.82, 2.24) is 0 Å². The number of aliphatic hydroxyl groups excluding tert-OH is 1. The van der Waals surface area contributed by atoms with Gasteiger partial charge in [-0.25, -0.2) is 0 Å². The van der Waals surface area contributed by atoms with Gasteiger partial charge in [0, 0.05) is 5.88 Å². The topological polar surface area (TPSA) is 29.5 Å². The zero-order valence-electron chi connectivity index (χ0n) is 10.6. The normalized spacial score (nSPS) is 18.6. The first-order chi connectivity index (χ1) is 6.80. The van der Waals surface area contributed by atoms with Crippen LogP contribution in [0.3, 0.4) is 0 Å². The van der Waals surface area contributed by atoms with E-state index in [4.69, 9.17) is 16.3 Å². The smallest absolute Gasteiger partial charge is 0.0704 e. The van der Waals surface area contributed by atoms with Gasteiger partial charge in [-0.15, -0.1) is 11.6 Å². The monoisotopic (exact) mass is 236 g/mol. The van der Waals surface area contributed by atoms with Crippen molar-refractivity contribution in [1.29, 1.82) is 0 Å². The Bertz CT molecular complexity index is 165. The zero-order valence-corrected chi connectivity index (χ0v) is 11.3. The molecule has 0 bridgehead atoms. The van der Waals surface area contributed by atoms with Crippen LogP contribution in [-0.2, 0) is 4.74 Å². The lowest BCUT2D eigenvalue weighted by atomic mass is 9.94. The molecule has 15 heavy (non-hydrogen) atoms.